The molecule has 1 amide bonds. The van der Waals surface area contributed by atoms with Crippen LogP contribution in [0.2, 0.25) is 0 Å². The number of nitrogens with one attached hydrogen (secondary N) is 1. The number of methoxy groups -OCH3 is 1. The number of para-hydroxylation sites is 1. The summed E-state index contributed by atoms with van der Waals surface area (Å²) in [7, 11) is 1.35. The van der Waals surface area contributed by atoms with Crippen LogP contribution in [0.1, 0.15) is 27.2 Å². The molecule has 1 N–H and O–H groups in total. The Labute approximate surface area is 161 Å². The summed E-state index contributed by atoms with van der Waals surface area (Å²) in [6.45, 7) is 4.90. The highest BCUT2D eigenvalue weighted by molar-refractivity contribution is 7.99. The average Bonchev–Trinajstić information content (AvgIpc) is 2.80. The average molecular weight is 391 g/mol. The van der Waals surface area contributed by atoms with Gasteiger partial charge in [-0.05, 0) is 43.7 Å². The van der Waals surface area contributed by atoms with Gasteiger partial charge in [-0.3, -0.25) is 4.79 Å². The summed E-state index contributed by atoms with van der Waals surface area (Å²) in [5.41, 5.74) is 2.40. The first-order valence-electron chi connectivity index (χ1n) is 8.46. The van der Waals surface area contributed by atoms with Crippen molar-refractivity contribution < 1.29 is 14.3 Å². The van der Waals surface area contributed by atoms with Crippen LogP contribution in [0.5, 0.6) is 0 Å². The van der Waals surface area contributed by atoms with Crippen LogP contribution in [-0.2, 0) is 9.53 Å². The van der Waals surface area contributed by atoms with Crippen molar-refractivity contribution in [3.8, 4) is 0 Å². The minimum atomic E-state index is -0.418. The van der Waals surface area contributed by atoms with Crippen LogP contribution in [0.25, 0.3) is 0 Å². The molecular formula is C19H22N2O3S2. The Morgan fingerprint density at radius 1 is 1.27 bits per heavy atom. The number of esters is 1. The number of fused-ring (bicyclic) bond motifs is 1. The van der Waals surface area contributed by atoms with Crippen molar-refractivity contribution in [3.05, 3.63) is 40.3 Å². The van der Waals surface area contributed by atoms with E-state index >= 15 is 0 Å². The monoisotopic (exact) mass is 390 g/mol. The maximum atomic E-state index is 12.7. The van der Waals surface area contributed by atoms with Gasteiger partial charge in [-0.1, -0.05) is 12.1 Å². The zero-order chi connectivity index (χ0) is 18.7. The summed E-state index contributed by atoms with van der Waals surface area (Å²) in [5, 5.41) is 3.48. The first kappa shape index (κ1) is 18.8. The van der Waals surface area contributed by atoms with Gasteiger partial charge in [0.2, 0.25) is 5.91 Å². The van der Waals surface area contributed by atoms with Gasteiger partial charge in [0.05, 0.1) is 24.9 Å². The van der Waals surface area contributed by atoms with Crippen molar-refractivity contribution in [1.29, 1.82) is 0 Å². The lowest BCUT2D eigenvalue weighted by molar-refractivity contribution is -0.115. The SMILES string of the molecule is COC(=O)c1c(NC(=O)CN2CCCSc3ccccc32)sc(C)c1C. The number of amides is 1. The zero-order valence-electron chi connectivity index (χ0n) is 15.1. The minimum absolute atomic E-state index is 0.127. The van der Waals surface area contributed by atoms with Crippen LogP contribution in [0.4, 0.5) is 10.7 Å². The van der Waals surface area contributed by atoms with Crippen molar-refractivity contribution in [1.82, 2.24) is 0 Å². The minimum Gasteiger partial charge on any atom is -0.465 e. The molecule has 1 aromatic carbocycles. The number of nitrogens with zero attached hydrogens (tertiary/aromatic N) is 1. The van der Waals surface area contributed by atoms with Gasteiger partial charge in [0.1, 0.15) is 5.00 Å². The molecule has 0 saturated heterocycles. The number of ether oxygens (including phenoxy) is 1. The quantitative estimate of drug-likeness (QED) is 0.797. The van der Waals surface area contributed by atoms with Crippen LogP contribution < -0.4 is 10.2 Å². The lowest BCUT2D eigenvalue weighted by Gasteiger charge is -2.23. The molecule has 0 spiro atoms. The van der Waals surface area contributed by atoms with E-state index in [0.717, 1.165) is 34.8 Å². The Kier molecular flexibility index (Phi) is 5.88. The number of thiophene rings is 1. The van der Waals surface area contributed by atoms with E-state index in [0.29, 0.717) is 10.6 Å². The second kappa shape index (κ2) is 8.14. The molecule has 0 saturated carbocycles. The Morgan fingerprint density at radius 2 is 2.04 bits per heavy atom. The molecule has 0 radical (unpaired) electrons. The highest BCUT2D eigenvalue weighted by atomic mass is 32.2. The van der Waals surface area contributed by atoms with Crippen molar-refractivity contribution >= 4 is 45.7 Å². The Hall–Kier alpha value is -1.99. The third kappa shape index (κ3) is 3.88. The van der Waals surface area contributed by atoms with Gasteiger partial charge >= 0.3 is 5.97 Å². The number of benzene rings is 1. The van der Waals surface area contributed by atoms with E-state index in [1.165, 1.54) is 23.3 Å². The van der Waals surface area contributed by atoms with Gasteiger partial charge in [-0.15, -0.1) is 23.1 Å². The molecule has 0 unspecified atom stereocenters. The number of carbonyl (C=O) groups is 2. The maximum Gasteiger partial charge on any atom is 0.341 e. The van der Waals surface area contributed by atoms with E-state index in [-0.39, 0.29) is 12.5 Å². The lowest BCUT2D eigenvalue weighted by Crippen LogP contribution is -2.34. The molecule has 0 atom stereocenters. The molecular weight excluding hydrogens is 368 g/mol. The fourth-order valence-electron chi connectivity index (χ4n) is 2.97. The van der Waals surface area contributed by atoms with Crippen LogP contribution >= 0.6 is 23.1 Å². The summed E-state index contributed by atoms with van der Waals surface area (Å²) < 4.78 is 4.87. The van der Waals surface area contributed by atoms with Crippen LogP contribution in [0.3, 0.4) is 0 Å². The number of thioether (sulfide) groups is 1. The first-order valence-corrected chi connectivity index (χ1v) is 10.3. The fourth-order valence-corrected chi connectivity index (χ4v) is 5.04. The van der Waals surface area contributed by atoms with Gasteiger partial charge in [0.15, 0.2) is 0 Å². The number of hydrogen-bond acceptors (Lipinski definition) is 6. The molecule has 0 fully saturated rings. The molecule has 26 heavy (non-hydrogen) atoms. The van der Waals surface area contributed by atoms with Crippen LogP contribution in [0, 0.1) is 13.8 Å². The molecule has 0 aliphatic carbocycles. The van der Waals surface area contributed by atoms with Crippen LogP contribution in [0.15, 0.2) is 29.2 Å². The summed E-state index contributed by atoms with van der Waals surface area (Å²) in [6, 6.07) is 8.17. The van der Waals surface area contributed by atoms with Gasteiger partial charge < -0.3 is 15.0 Å². The smallest absolute Gasteiger partial charge is 0.341 e. The highest BCUT2D eigenvalue weighted by Crippen LogP contribution is 2.35. The number of rotatable bonds is 4. The zero-order valence-corrected chi connectivity index (χ0v) is 16.8. The molecule has 5 nitrogen and oxygen atoms in total. The number of carbonyl (C=O) groups excluding carboxylic acids is 2. The highest BCUT2D eigenvalue weighted by Gasteiger charge is 2.23. The molecule has 3 rings (SSSR count). The molecule has 138 valence electrons. The summed E-state index contributed by atoms with van der Waals surface area (Å²) in [6.07, 6.45) is 1.03. The van der Waals surface area contributed by atoms with Crippen molar-refractivity contribution in [2.24, 2.45) is 0 Å². The standard InChI is InChI=1S/C19H22N2O3S2/c1-12-13(2)26-18(17(12)19(23)24-3)20-16(22)11-21-9-6-10-25-15-8-5-4-7-14(15)21/h4-5,7-8H,6,9-11H2,1-3H3,(H,20,22). The summed E-state index contributed by atoms with van der Waals surface area (Å²) in [4.78, 5) is 29.1. The molecule has 7 heteroatoms. The van der Waals surface area contributed by atoms with E-state index in [2.05, 4.69) is 22.3 Å². The fraction of sp³-hybridized carbons (Fsp3) is 0.368. The van der Waals surface area contributed by atoms with Gasteiger partial charge in [-0.2, -0.15) is 0 Å². The second-order valence-corrected chi connectivity index (χ2v) is 8.48. The summed E-state index contributed by atoms with van der Waals surface area (Å²) in [5.74, 6) is 0.502. The first-order chi connectivity index (χ1) is 12.5. The number of anilines is 2. The Morgan fingerprint density at radius 3 is 2.81 bits per heavy atom. The van der Waals surface area contributed by atoms with E-state index in [4.69, 9.17) is 4.74 Å². The number of aryl methyl sites for hydroxylation is 1. The summed E-state index contributed by atoms with van der Waals surface area (Å²) >= 11 is 3.24. The molecule has 1 aliphatic rings. The second-order valence-electron chi connectivity index (χ2n) is 6.12. The largest absolute Gasteiger partial charge is 0.465 e. The molecule has 2 aromatic rings. The van der Waals surface area contributed by atoms with Crippen molar-refractivity contribution in [2.75, 3.05) is 36.2 Å². The predicted molar refractivity (Wildman–Crippen MR) is 108 cm³/mol. The van der Waals surface area contributed by atoms with Gasteiger partial charge in [0.25, 0.3) is 0 Å². The number of hydrogen-bond donors (Lipinski definition) is 1. The molecule has 2 heterocycles. The van der Waals surface area contributed by atoms with E-state index in [9.17, 15) is 9.59 Å². The van der Waals surface area contributed by atoms with Gasteiger partial charge in [0, 0.05) is 16.3 Å². The molecule has 1 aromatic heterocycles. The Balaban J connectivity index is 1.78. The predicted octanol–water partition coefficient (Wildman–Crippen LogP) is 4.09. The normalized spacial score (nSPS) is 13.7. The Bertz CT molecular complexity index is 832. The van der Waals surface area contributed by atoms with Crippen molar-refractivity contribution in [3.63, 3.8) is 0 Å². The molecule has 0 bridgehead atoms. The van der Waals surface area contributed by atoms with E-state index in [1.54, 1.807) is 0 Å². The van der Waals surface area contributed by atoms with Crippen LogP contribution in [-0.4, -0.2) is 37.8 Å². The third-order valence-electron chi connectivity index (χ3n) is 4.40. The van der Waals surface area contributed by atoms with E-state index < -0.39 is 5.97 Å². The maximum absolute atomic E-state index is 12.7. The van der Waals surface area contributed by atoms with Crippen molar-refractivity contribution in [2.45, 2.75) is 25.2 Å². The third-order valence-corrected chi connectivity index (χ3v) is 6.67. The van der Waals surface area contributed by atoms with Gasteiger partial charge in [-0.25, -0.2) is 4.79 Å². The lowest BCUT2D eigenvalue weighted by atomic mass is 10.1. The topological polar surface area (TPSA) is 58.6 Å². The van der Waals surface area contributed by atoms with E-state index in [1.807, 2.05) is 37.7 Å². The molecule has 1 aliphatic heterocycles.